The second-order valence-electron chi connectivity index (χ2n) is 4.87. The molecule has 0 saturated carbocycles. The van der Waals surface area contributed by atoms with Gasteiger partial charge >= 0.3 is 0 Å². The molecule has 0 atom stereocenters. The molecular formula is C15H13N5. The SMILES string of the molecule is Cn1c(N)nc2cc(-c3cnc4[nH]ccc4c3)ccc21. The molecule has 4 rings (SSSR count). The zero-order chi connectivity index (χ0) is 13.7. The first-order valence-corrected chi connectivity index (χ1v) is 6.38. The van der Waals surface area contributed by atoms with E-state index in [0.29, 0.717) is 5.95 Å². The van der Waals surface area contributed by atoms with E-state index in [-0.39, 0.29) is 0 Å². The number of hydrogen-bond acceptors (Lipinski definition) is 3. The van der Waals surface area contributed by atoms with E-state index in [1.165, 1.54) is 0 Å². The van der Waals surface area contributed by atoms with Gasteiger partial charge < -0.3 is 15.3 Å². The quantitative estimate of drug-likeness (QED) is 0.554. The number of imidazole rings is 1. The predicted octanol–water partition coefficient (Wildman–Crippen LogP) is 2.70. The Morgan fingerprint density at radius 2 is 2.05 bits per heavy atom. The highest BCUT2D eigenvalue weighted by atomic mass is 15.1. The zero-order valence-corrected chi connectivity index (χ0v) is 11.0. The number of fused-ring (bicyclic) bond motifs is 2. The first-order chi connectivity index (χ1) is 9.72. The van der Waals surface area contributed by atoms with E-state index in [9.17, 15) is 0 Å². The van der Waals surface area contributed by atoms with Crippen molar-refractivity contribution in [2.45, 2.75) is 0 Å². The second kappa shape index (κ2) is 3.84. The van der Waals surface area contributed by atoms with Crippen molar-refractivity contribution in [3.63, 3.8) is 0 Å². The molecule has 0 spiro atoms. The number of nitrogens with two attached hydrogens (primary N) is 1. The molecule has 4 aromatic rings. The van der Waals surface area contributed by atoms with Crippen LogP contribution in [0.1, 0.15) is 0 Å². The summed E-state index contributed by atoms with van der Waals surface area (Å²) in [5.74, 6) is 0.524. The van der Waals surface area contributed by atoms with Crippen LogP contribution in [-0.4, -0.2) is 19.5 Å². The average molecular weight is 263 g/mol. The van der Waals surface area contributed by atoms with Crippen molar-refractivity contribution in [1.82, 2.24) is 19.5 Å². The summed E-state index contributed by atoms with van der Waals surface area (Å²) in [6.45, 7) is 0. The van der Waals surface area contributed by atoms with Gasteiger partial charge in [-0.05, 0) is 29.8 Å². The van der Waals surface area contributed by atoms with Crippen LogP contribution in [0.3, 0.4) is 0 Å². The minimum absolute atomic E-state index is 0.524. The number of aromatic amines is 1. The van der Waals surface area contributed by atoms with Crippen molar-refractivity contribution in [2.75, 3.05) is 5.73 Å². The number of aromatic nitrogens is 4. The summed E-state index contributed by atoms with van der Waals surface area (Å²) in [7, 11) is 1.91. The number of pyridine rings is 1. The van der Waals surface area contributed by atoms with Crippen molar-refractivity contribution < 1.29 is 0 Å². The number of nitrogens with one attached hydrogen (secondary N) is 1. The van der Waals surface area contributed by atoms with Gasteiger partial charge in [0, 0.05) is 30.4 Å². The van der Waals surface area contributed by atoms with Gasteiger partial charge in [-0.2, -0.15) is 0 Å². The largest absolute Gasteiger partial charge is 0.369 e. The topological polar surface area (TPSA) is 72.5 Å². The molecule has 98 valence electrons. The lowest BCUT2D eigenvalue weighted by molar-refractivity contribution is 0.965. The molecule has 0 aliphatic rings. The molecule has 0 unspecified atom stereocenters. The highest BCUT2D eigenvalue weighted by Gasteiger charge is 2.07. The maximum atomic E-state index is 5.84. The smallest absolute Gasteiger partial charge is 0.200 e. The molecule has 0 aliphatic carbocycles. The molecule has 0 radical (unpaired) electrons. The van der Waals surface area contributed by atoms with E-state index < -0.39 is 0 Å². The third kappa shape index (κ3) is 1.50. The molecule has 3 heterocycles. The molecule has 0 bridgehead atoms. The Hall–Kier alpha value is -2.82. The summed E-state index contributed by atoms with van der Waals surface area (Å²) >= 11 is 0. The van der Waals surface area contributed by atoms with Gasteiger partial charge in [0.05, 0.1) is 11.0 Å². The molecule has 0 fully saturated rings. The fourth-order valence-electron chi connectivity index (χ4n) is 2.50. The number of rotatable bonds is 1. The Balaban J connectivity index is 1.92. The van der Waals surface area contributed by atoms with Crippen LogP contribution >= 0.6 is 0 Å². The van der Waals surface area contributed by atoms with Crippen molar-refractivity contribution in [3.05, 3.63) is 42.7 Å². The molecule has 5 nitrogen and oxygen atoms in total. The van der Waals surface area contributed by atoms with Gasteiger partial charge in [0.2, 0.25) is 5.95 Å². The molecule has 1 aromatic carbocycles. The summed E-state index contributed by atoms with van der Waals surface area (Å²) in [5.41, 5.74) is 10.8. The number of nitrogen functional groups attached to an aromatic ring is 1. The van der Waals surface area contributed by atoms with E-state index in [1.807, 2.05) is 42.2 Å². The van der Waals surface area contributed by atoms with Gasteiger partial charge in [0.15, 0.2) is 0 Å². The molecule has 0 amide bonds. The van der Waals surface area contributed by atoms with Gasteiger partial charge in [-0.25, -0.2) is 9.97 Å². The van der Waals surface area contributed by atoms with E-state index in [0.717, 1.165) is 33.2 Å². The first kappa shape index (κ1) is 11.0. The summed E-state index contributed by atoms with van der Waals surface area (Å²) < 4.78 is 1.88. The first-order valence-electron chi connectivity index (χ1n) is 6.38. The van der Waals surface area contributed by atoms with Gasteiger partial charge in [-0.3, -0.25) is 0 Å². The average Bonchev–Trinajstić information content (AvgIpc) is 3.03. The molecule has 5 heteroatoms. The number of H-pyrrole nitrogens is 1. The highest BCUT2D eigenvalue weighted by Crippen LogP contribution is 2.26. The van der Waals surface area contributed by atoms with E-state index in [1.54, 1.807) is 0 Å². The van der Waals surface area contributed by atoms with Gasteiger partial charge in [-0.1, -0.05) is 6.07 Å². The normalized spacial score (nSPS) is 11.4. The maximum absolute atomic E-state index is 5.84. The second-order valence-corrected chi connectivity index (χ2v) is 4.87. The van der Waals surface area contributed by atoms with Gasteiger partial charge in [0.1, 0.15) is 5.65 Å². The molecule has 3 aromatic heterocycles. The molecule has 20 heavy (non-hydrogen) atoms. The van der Waals surface area contributed by atoms with Crippen LogP contribution in [0, 0.1) is 0 Å². The predicted molar refractivity (Wildman–Crippen MR) is 80.2 cm³/mol. The third-order valence-electron chi connectivity index (χ3n) is 3.65. The van der Waals surface area contributed by atoms with E-state index in [4.69, 9.17) is 5.73 Å². The Labute approximate surface area is 115 Å². The monoisotopic (exact) mass is 263 g/mol. The Morgan fingerprint density at radius 1 is 1.15 bits per heavy atom. The van der Waals surface area contributed by atoms with Crippen LogP contribution in [0.2, 0.25) is 0 Å². The number of benzene rings is 1. The van der Waals surface area contributed by atoms with Crippen LogP contribution in [-0.2, 0) is 7.05 Å². The highest BCUT2D eigenvalue weighted by molar-refractivity contribution is 5.86. The fourth-order valence-corrected chi connectivity index (χ4v) is 2.50. The standard InChI is InChI=1S/C15H13N5/c1-20-13-3-2-9(7-12(13)19-15(20)16)11-6-10-4-5-17-14(10)18-8-11/h2-8H,1H3,(H2,16,19)(H,17,18). The van der Waals surface area contributed by atoms with Crippen molar-refractivity contribution in [1.29, 1.82) is 0 Å². The lowest BCUT2D eigenvalue weighted by atomic mass is 10.1. The minimum atomic E-state index is 0.524. The molecular weight excluding hydrogens is 250 g/mol. The van der Waals surface area contributed by atoms with Crippen LogP contribution in [0.25, 0.3) is 33.2 Å². The van der Waals surface area contributed by atoms with Gasteiger partial charge in [0.25, 0.3) is 0 Å². The Morgan fingerprint density at radius 3 is 2.95 bits per heavy atom. The summed E-state index contributed by atoms with van der Waals surface area (Å²) in [6, 6.07) is 10.3. The maximum Gasteiger partial charge on any atom is 0.200 e. The number of anilines is 1. The molecule has 0 saturated heterocycles. The van der Waals surface area contributed by atoms with Crippen LogP contribution in [0.15, 0.2) is 42.7 Å². The van der Waals surface area contributed by atoms with Crippen LogP contribution in [0.4, 0.5) is 5.95 Å². The Bertz CT molecular complexity index is 932. The van der Waals surface area contributed by atoms with Gasteiger partial charge in [-0.15, -0.1) is 0 Å². The Kier molecular flexibility index (Phi) is 2.12. The number of aryl methyl sites for hydroxylation is 1. The molecule has 3 N–H and O–H groups in total. The van der Waals surface area contributed by atoms with Crippen molar-refractivity contribution >= 4 is 28.0 Å². The van der Waals surface area contributed by atoms with Crippen molar-refractivity contribution in [3.8, 4) is 11.1 Å². The number of hydrogen-bond donors (Lipinski definition) is 2. The fraction of sp³-hybridized carbons (Fsp3) is 0.0667. The lowest BCUT2D eigenvalue weighted by Gasteiger charge is -2.02. The van der Waals surface area contributed by atoms with E-state index in [2.05, 4.69) is 27.1 Å². The van der Waals surface area contributed by atoms with Crippen LogP contribution < -0.4 is 5.73 Å². The third-order valence-corrected chi connectivity index (χ3v) is 3.65. The summed E-state index contributed by atoms with van der Waals surface area (Å²) in [5, 5.41) is 1.10. The van der Waals surface area contributed by atoms with Crippen LogP contribution in [0.5, 0.6) is 0 Å². The zero-order valence-electron chi connectivity index (χ0n) is 11.0. The van der Waals surface area contributed by atoms with Crippen molar-refractivity contribution in [2.24, 2.45) is 7.05 Å². The minimum Gasteiger partial charge on any atom is -0.369 e. The van der Waals surface area contributed by atoms with E-state index >= 15 is 0 Å². The number of nitrogens with zero attached hydrogens (tertiary/aromatic N) is 3. The lowest BCUT2D eigenvalue weighted by Crippen LogP contribution is -1.95. The molecule has 0 aliphatic heterocycles. The summed E-state index contributed by atoms with van der Waals surface area (Å²) in [6.07, 6.45) is 3.76. The summed E-state index contributed by atoms with van der Waals surface area (Å²) in [4.78, 5) is 11.9.